The maximum atomic E-state index is 12.4. The summed E-state index contributed by atoms with van der Waals surface area (Å²) >= 11 is 0. The number of nitrogens with zero attached hydrogens (tertiary/aromatic N) is 2. The lowest BCUT2D eigenvalue weighted by Gasteiger charge is -2.35. The third-order valence-electron chi connectivity index (χ3n) is 5.09. The second kappa shape index (κ2) is 7.86. The highest BCUT2D eigenvalue weighted by Crippen LogP contribution is 2.19. The van der Waals surface area contributed by atoms with Crippen molar-refractivity contribution in [1.82, 2.24) is 15.1 Å². The summed E-state index contributed by atoms with van der Waals surface area (Å²) in [7, 11) is 0. The van der Waals surface area contributed by atoms with Crippen molar-refractivity contribution in [2.75, 3.05) is 38.0 Å². The molecule has 2 saturated heterocycles. The fourth-order valence-corrected chi connectivity index (χ4v) is 3.54. The van der Waals surface area contributed by atoms with Crippen LogP contribution in [0, 0.1) is 13.8 Å². The van der Waals surface area contributed by atoms with Crippen LogP contribution in [0.25, 0.3) is 0 Å². The molecule has 1 aromatic rings. The Bertz CT molecular complexity index is 690. The van der Waals surface area contributed by atoms with Crippen molar-refractivity contribution in [2.24, 2.45) is 0 Å². The zero-order chi connectivity index (χ0) is 18.7. The van der Waals surface area contributed by atoms with E-state index in [1.54, 1.807) is 4.90 Å². The van der Waals surface area contributed by atoms with Gasteiger partial charge in [0.15, 0.2) is 0 Å². The molecule has 0 unspecified atom stereocenters. The van der Waals surface area contributed by atoms with Crippen LogP contribution in [0.3, 0.4) is 0 Å². The molecular formula is C19H26N4O3. The number of carbonyl (C=O) groups excluding carboxylic acids is 3. The smallest absolute Gasteiger partial charge is 0.245 e. The Balaban J connectivity index is 1.47. The molecule has 2 heterocycles. The van der Waals surface area contributed by atoms with Gasteiger partial charge in [0.25, 0.3) is 0 Å². The first kappa shape index (κ1) is 18.4. The van der Waals surface area contributed by atoms with E-state index in [4.69, 9.17) is 0 Å². The van der Waals surface area contributed by atoms with Crippen LogP contribution in [0.15, 0.2) is 18.2 Å². The van der Waals surface area contributed by atoms with E-state index < -0.39 is 0 Å². The average Bonchev–Trinajstić information content (AvgIpc) is 3.05. The fraction of sp³-hybridized carbons (Fsp3) is 0.526. The predicted octanol–water partition coefficient (Wildman–Crippen LogP) is 0.665. The van der Waals surface area contributed by atoms with Gasteiger partial charge in [0.2, 0.25) is 17.7 Å². The Kier molecular flexibility index (Phi) is 5.56. The minimum Gasteiger partial charge on any atom is -0.344 e. The molecule has 7 heteroatoms. The zero-order valence-corrected chi connectivity index (χ0v) is 15.4. The minimum atomic E-state index is -0.374. The number of anilines is 1. The molecule has 0 saturated carbocycles. The first-order valence-electron chi connectivity index (χ1n) is 9.10. The quantitative estimate of drug-likeness (QED) is 0.829. The van der Waals surface area contributed by atoms with Crippen molar-refractivity contribution in [3.05, 3.63) is 29.3 Å². The van der Waals surface area contributed by atoms with Crippen molar-refractivity contribution in [3.8, 4) is 0 Å². The van der Waals surface area contributed by atoms with E-state index in [9.17, 15) is 14.4 Å². The van der Waals surface area contributed by atoms with Gasteiger partial charge < -0.3 is 15.5 Å². The molecule has 140 valence electrons. The molecule has 0 bridgehead atoms. The number of carbonyl (C=O) groups is 3. The van der Waals surface area contributed by atoms with Gasteiger partial charge in [-0.1, -0.05) is 18.2 Å². The normalized spacial score (nSPS) is 20.8. The number of nitrogens with one attached hydrogen (secondary N) is 2. The molecule has 26 heavy (non-hydrogen) atoms. The van der Waals surface area contributed by atoms with Gasteiger partial charge in [-0.3, -0.25) is 19.3 Å². The Hall–Kier alpha value is -2.41. The van der Waals surface area contributed by atoms with Gasteiger partial charge in [0, 0.05) is 38.3 Å². The van der Waals surface area contributed by atoms with E-state index in [1.165, 1.54) is 0 Å². The number of rotatable bonds is 4. The predicted molar refractivity (Wildman–Crippen MR) is 98.7 cm³/mol. The molecule has 0 radical (unpaired) electrons. The molecule has 3 amide bonds. The molecule has 0 spiro atoms. The van der Waals surface area contributed by atoms with Gasteiger partial charge in [-0.25, -0.2) is 0 Å². The molecule has 1 atom stereocenters. The molecule has 3 rings (SSSR count). The summed E-state index contributed by atoms with van der Waals surface area (Å²) in [5.74, 6) is -0.0918. The number of hydrogen-bond acceptors (Lipinski definition) is 4. The Morgan fingerprint density at radius 1 is 1.15 bits per heavy atom. The standard InChI is InChI=1S/C19H26N4O3/c1-13-4-3-5-14(2)18(13)21-17(25)12-22-8-10-23(11-9-22)19(26)15-6-7-16(24)20-15/h3-5,15H,6-12H2,1-2H3,(H,20,24)(H,21,25)/t15-/m0/s1. The first-order chi connectivity index (χ1) is 12.4. The molecule has 0 aliphatic carbocycles. The van der Waals surface area contributed by atoms with Crippen LogP contribution in [0.4, 0.5) is 5.69 Å². The highest BCUT2D eigenvalue weighted by Gasteiger charge is 2.32. The topological polar surface area (TPSA) is 81.8 Å². The van der Waals surface area contributed by atoms with E-state index in [-0.39, 0.29) is 23.8 Å². The summed E-state index contributed by atoms with van der Waals surface area (Å²) in [6, 6.07) is 5.56. The summed E-state index contributed by atoms with van der Waals surface area (Å²) in [6.45, 7) is 6.77. The third kappa shape index (κ3) is 4.22. The van der Waals surface area contributed by atoms with Crippen molar-refractivity contribution in [3.63, 3.8) is 0 Å². The van der Waals surface area contributed by atoms with Crippen LogP contribution in [0.2, 0.25) is 0 Å². The zero-order valence-electron chi connectivity index (χ0n) is 15.4. The SMILES string of the molecule is Cc1cccc(C)c1NC(=O)CN1CCN(C(=O)[C@@H]2CCC(=O)N2)CC1. The molecule has 7 nitrogen and oxygen atoms in total. The van der Waals surface area contributed by atoms with Gasteiger partial charge in [-0.15, -0.1) is 0 Å². The number of amides is 3. The van der Waals surface area contributed by atoms with Crippen LogP contribution in [-0.4, -0.2) is 66.3 Å². The van der Waals surface area contributed by atoms with E-state index in [1.807, 2.05) is 32.0 Å². The summed E-state index contributed by atoms with van der Waals surface area (Å²) < 4.78 is 0. The highest BCUT2D eigenvalue weighted by atomic mass is 16.2. The molecule has 0 aromatic heterocycles. The van der Waals surface area contributed by atoms with E-state index in [0.717, 1.165) is 16.8 Å². The second-order valence-electron chi connectivity index (χ2n) is 7.08. The molecule has 1 aromatic carbocycles. The van der Waals surface area contributed by atoms with Crippen LogP contribution in [0.5, 0.6) is 0 Å². The van der Waals surface area contributed by atoms with Gasteiger partial charge in [0.1, 0.15) is 6.04 Å². The van der Waals surface area contributed by atoms with Gasteiger partial charge in [0.05, 0.1) is 6.54 Å². The van der Waals surface area contributed by atoms with E-state index >= 15 is 0 Å². The lowest BCUT2D eigenvalue weighted by atomic mass is 10.1. The van der Waals surface area contributed by atoms with E-state index in [2.05, 4.69) is 15.5 Å². The molecule has 2 fully saturated rings. The van der Waals surface area contributed by atoms with Crippen LogP contribution in [-0.2, 0) is 14.4 Å². The Labute approximate surface area is 153 Å². The number of hydrogen-bond donors (Lipinski definition) is 2. The van der Waals surface area contributed by atoms with Crippen molar-refractivity contribution in [2.45, 2.75) is 32.7 Å². The maximum Gasteiger partial charge on any atom is 0.245 e. The minimum absolute atomic E-state index is 0.00418. The van der Waals surface area contributed by atoms with Crippen molar-refractivity contribution >= 4 is 23.4 Å². The first-order valence-corrected chi connectivity index (χ1v) is 9.10. The maximum absolute atomic E-state index is 12.4. The summed E-state index contributed by atoms with van der Waals surface area (Å²) in [4.78, 5) is 39.9. The largest absolute Gasteiger partial charge is 0.344 e. The van der Waals surface area contributed by atoms with E-state index in [0.29, 0.717) is 45.6 Å². The summed E-state index contributed by atoms with van der Waals surface area (Å²) in [5.41, 5.74) is 2.98. The highest BCUT2D eigenvalue weighted by molar-refractivity contribution is 5.94. The average molecular weight is 358 g/mol. The molecular weight excluding hydrogens is 332 g/mol. The molecule has 2 aliphatic rings. The van der Waals surface area contributed by atoms with Crippen LogP contribution >= 0.6 is 0 Å². The number of para-hydroxylation sites is 1. The van der Waals surface area contributed by atoms with Gasteiger partial charge >= 0.3 is 0 Å². The lowest BCUT2D eigenvalue weighted by molar-refractivity contribution is -0.136. The van der Waals surface area contributed by atoms with Crippen LogP contribution < -0.4 is 10.6 Å². The third-order valence-corrected chi connectivity index (χ3v) is 5.09. The monoisotopic (exact) mass is 358 g/mol. The summed E-state index contributed by atoms with van der Waals surface area (Å²) in [5, 5.41) is 5.73. The van der Waals surface area contributed by atoms with Crippen LogP contribution in [0.1, 0.15) is 24.0 Å². The number of benzene rings is 1. The Morgan fingerprint density at radius 3 is 2.38 bits per heavy atom. The van der Waals surface area contributed by atoms with Crippen molar-refractivity contribution in [1.29, 1.82) is 0 Å². The second-order valence-corrected chi connectivity index (χ2v) is 7.08. The molecule has 2 aliphatic heterocycles. The van der Waals surface area contributed by atoms with Crippen molar-refractivity contribution < 1.29 is 14.4 Å². The summed E-state index contributed by atoms with van der Waals surface area (Å²) in [6.07, 6.45) is 1.00. The fourth-order valence-electron chi connectivity index (χ4n) is 3.54. The Morgan fingerprint density at radius 2 is 1.81 bits per heavy atom. The number of aryl methyl sites for hydroxylation is 2. The van der Waals surface area contributed by atoms with Gasteiger partial charge in [-0.05, 0) is 31.4 Å². The lowest BCUT2D eigenvalue weighted by Crippen LogP contribution is -2.54. The number of piperazine rings is 1. The molecule has 2 N–H and O–H groups in total. The van der Waals surface area contributed by atoms with Gasteiger partial charge in [-0.2, -0.15) is 0 Å².